The van der Waals surface area contributed by atoms with Gasteiger partial charge in [-0.15, -0.1) is 11.6 Å². The van der Waals surface area contributed by atoms with E-state index in [1.165, 1.54) is 30.0 Å². The number of aliphatic hydroxyl groups excluding tert-OH is 1. The van der Waals surface area contributed by atoms with E-state index in [1.54, 1.807) is 39.1 Å². The Kier molecular flexibility index (Phi) is 9.28. The summed E-state index contributed by atoms with van der Waals surface area (Å²) in [6, 6.07) is 7.00. The number of nitrogens with one attached hydrogen (secondary N) is 2. The molecule has 0 amide bonds. The maximum Gasteiger partial charge on any atom is 0.459 e. The summed E-state index contributed by atoms with van der Waals surface area (Å²) in [5, 5.41) is 16.4. The number of carbonyl (C=O) groups is 1. The van der Waals surface area contributed by atoms with Crippen molar-refractivity contribution in [2.24, 2.45) is 0 Å². The Balaban J connectivity index is 1.61. The molecular weight excluding hydrogens is 570 g/mol. The molecule has 40 heavy (non-hydrogen) atoms. The largest absolute Gasteiger partial charge is 0.465 e. The van der Waals surface area contributed by atoms with E-state index in [4.69, 9.17) is 30.1 Å². The highest BCUT2D eigenvalue weighted by molar-refractivity contribution is 7.52. The molecule has 0 saturated carbocycles. The minimum atomic E-state index is -4.34. The Bertz CT molecular complexity index is 1380. The highest BCUT2D eigenvalue weighted by Gasteiger charge is 2.57. The number of carbonyl (C=O) groups excluding carboxylic acids is 1. The van der Waals surface area contributed by atoms with Crippen LogP contribution in [0.25, 0.3) is 11.2 Å². The summed E-state index contributed by atoms with van der Waals surface area (Å²) in [5.74, 6) is -0.125. The molecule has 1 aromatic carbocycles. The van der Waals surface area contributed by atoms with E-state index >= 15 is 4.39 Å². The van der Waals surface area contributed by atoms with Crippen molar-refractivity contribution in [3.8, 4) is 5.75 Å². The number of nitrogens with zero attached hydrogens (tertiary/aromatic N) is 4. The van der Waals surface area contributed by atoms with Crippen LogP contribution in [0.1, 0.15) is 25.9 Å². The van der Waals surface area contributed by atoms with Crippen LogP contribution >= 0.6 is 19.3 Å². The SMILES string of the molecule is CCOC(=O)[C@H](C)N[P@](=O)(OC[C@@]1(CCl)O[C@@H](n2cnc3c(NC)nc(C)nc32)[C@H](F)[C@@H]1O)Oc1ccccc1. The summed E-state index contributed by atoms with van der Waals surface area (Å²) in [6.07, 6.45) is -3.87. The van der Waals surface area contributed by atoms with E-state index in [-0.39, 0.29) is 18.0 Å². The predicted octanol–water partition coefficient (Wildman–Crippen LogP) is 3.13. The topological polar surface area (TPSA) is 159 Å². The zero-order valence-corrected chi connectivity index (χ0v) is 23.9. The number of rotatable bonds is 12. The number of aryl methyl sites for hydroxylation is 1. The van der Waals surface area contributed by atoms with Gasteiger partial charge in [-0.1, -0.05) is 18.2 Å². The lowest BCUT2D eigenvalue weighted by Crippen LogP contribution is -2.48. The summed E-state index contributed by atoms with van der Waals surface area (Å²) >= 11 is 6.21. The third-order valence-electron chi connectivity index (χ3n) is 6.18. The summed E-state index contributed by atoms with van der Waals surface area (Å²) in [4.78, 5) is 25.1. The molecule has 0 aliphatic carbocycles. The van der Waals surface area contributed by atoms with Crippen molar-refractivity contribution in [3.63, 3.8) is 0 Å². The van der Waals surface area contributed by atoms with Crippen LogP contribution in [-0.2, 0) is 23.4 Å². The van der Waals surface area contributed by atoms with Gasteiger partial charge in [0.1, 0.15) is 29.3 Å². The molecule has 0 spiro atoms. The zero-order valence-electron chi connectivity index (χ0n) is 22.3. The first-order valence-electron chi connectivity index (χ1n) is 12.4. The summed E-state index contributed by atoms with van der Waals surface area (Å²) in [7, 11) is -2.67. The first-order valence-corrected chi connectivity index (χ1v) is 14.5. The summed E-state index contributed by atoms with van der Waals surface area (Å²) in [5.41, 5.74) is -1.22. The van der Waals surface area contributed by atoms with Crippen molar-refractivity contribution in [1.29, 1.82) is 0 Å². The third-order valence-corrected chi connectivity index (χ3v) is 8.25. The molecule has 2 aromatic heterocycles. The van der Waals surface area contributed by atoms with Crippen LogP contribution in [0.5, 0.6) is 5.75 Å². The minimum absolute atomic E-state index is 0.105. The summed E-state index contributed by atoms with van der Waals surface area (Å²) < 4.78 is 53.0. The van der Waals surface area contributed by atoms with Crippen molar-refractivity contribution in [3.05, 3.63) is 42.5 Å². The molecule has 218 valence electrons. The second-order valence-corrected chi connectivity index (χ2v) is 11.0. The molecule has 3 N–H and O–H groups in total. The van der Waals surface area contributed by atoms with Gasteiger partial charge in [0, 0.05) is 7.05 Å². The van der Waals surface area contributed by atoms with Crippen LogP contribution in [-0.4, -0.2) is 80.7 Å². The average Bonchev–Trinajstić information content (AvgIpc) is 3.46. The van der Waals surface area contributed by atoms with Crippen LogP contribution in [0.4, 0.5) is 10.2 Å². The molecule has 0 radical (unpaired) electrons. The van der Waals surface area contributed by atoms with Crippen molar-refractivity contribution >= 4 is 42.3 Å². The molecule has 0 bridgehead atoms. The number of aliphatic hydroxyl groups is 1. The van der Waals surface area contributed by atoms with Gasteiger partial charge in [-0.2, -0.15) is 5.09 Å². The molecule has 4 rings (SSSR count). The van der Waals surface area contributed by atoms with Gasteiger partial charge in [0.05, 0.1) is 25.4 Å². The highest BCUT2D eigenvalue weighted by atomic mass is 35.5. The zero-order chi connectivity index (χ0) is 29.1. The van der Waals surface area contributed by atoms with E-state index in [1.807, 2.05) is 0 Å². The Labute approximate surface area is 234 Å². The van der Waals surface area contributed by atoms with E-state index in [0.717, 1.165) is 0 Å². The monoisotopic (exact) mass is 600 g/mol. The number of hydrogen-bond acceptors (Lipinski definition) is 11. The van der Waals surface area contributed by atoms with E-state index < -0.39 is 56.3 Å². The van der Waals surface area contributed by atoms with E-state index in [0.29, 0.717) is 17.2 Å². The van der Waals surface area contributed by atoms with Crippen molar-refractivity contribution in [1.82, 2.24) is 24.6 Å². The number of alkyl halides is 2. The van der Waals surface area contributed by atoms with Crippen molar-refractivity contribution in [2.45, 2.75) is 50.9 Å². The van der Waals surface area contributed by atoms with Gasteiger partial charge in [0.2, 0.25) is 0 Å². The molecule has 1 saturated heterocycles. The first kappa shape index (κ1) is 30.1. The number of ether oxygens (including phenoxy) is 2. The molecule has 13 nitrogen and oxygen atoms in total. The van der Waals surface area contributed by atoms with Crippen LogP contribution in [0, 0.1) is 6.92 Å². The van der Waals surface area contributed by atoms with Gasteiger partial charge in [0.25, 0.3) is 0 Å². The quantitative estimate of drug-likeness (QED) is 0.159. The number of anilines is 1. The Morgan fingerprint density at radius 2 is 2.08 bits per heavy atom. The fourth-order valence-corrected chi connectivity index (χ4v) is 5.99. The number of imidazole rings is 1. The number of hydrogen-bond donors (Lipinski definition) is 3. The number of benzene rings is 1. The lowest BCUT2D eigenvalue weighted by atomic mass is 9.99. The molecular formula is C24H31ClFN6O7P. The standard InChI is InChI=1S/C24H31ClFN6O7P/c1-5-36-23(34)14(2)31-40(35,39-16-9-7-6-8-10-16)37-12-24(11-25)19(33)17(26)22(38-24)32-13-28-18-20(27-4)29-15(3)30-21(18)32/h6-10,13-14,17,19,22,33H,5,11-12H2,1-4H3,(H,31,35)(H,27,29,30)/t14-,17+,19-,22+,24+,40-/m0/s1. The number of para-hydroxylation sites is 1. The smallest absolute Gasteiger partial charge is 0.459 e. The van der Waals surface area contributed by atoms with Gasteiger partial charge in [-0.3, -0.25) is 13.9 Å². The molecule has 6 atom stereocenters. The van der Waals surface area contributed by atoms with Crippen LogP contribution in [0.15, 0.2) is 36.7 Å². The van der Waals surface area contributed by atoms with Crippen LogP contribution in [0.2, 0.25) is 0 Å². The molecule has 3 aromatic rings. The van der Waals surface area contributed by atoms with E-state index in [2.05, 4.69) is 25.4 Å². The first-order chi connectivity index (χ1) is 19.1. The van der Waals surface area contributed by atoms with Gasteiger partial charge >= 0.3 is 13.7 Å². The molecule has 1 fully saturated rings. The predicted molar refractivity (Wildman–Crippen MR) is 144 cm³/mol. The maximum absolute atomic E-state index is 15.6. The fraction of sp³-hybridized carbons (Fsp3) is 0.500. The highest BCUT2D eigenvalue weighted by Crippen LogP contribution is 2.49. The van der Waals surface area contributed by atoms with Gasteiger partial charge in [-0.25, -0.2) is 23.9 Å². The Morgan fingerprint density at radius 1 is 1.35 bits per heavy atom. The Hall–Kier alpha value is -2.87. The van der Waals surface area contributed by atoms with Crippen LogP contribution in [0.3, 0.4) is 0 Å². The lowest BCUT2D eigenvalue weighted by Gasteiger charge is -2.31. The van der Waals surface area contributed by atoms with E-state index in [9.17, 15) is 14.5 Å². The second-order valence-electron chi connectivity index (χ2n) is 9.07. The number of aromatic nitrogens is 4. The van der Waals surface area contributed by atoms with Crippen molar-refractivity contribution in [2.75, 3.05) is 31.5 Å². The minimum Gasteiger partial charge on any atom is -0.465 e. The number of fused-ring (bicyclic) bond motifs is 1. The normalized spacial score (nSPS) is 24.9. The average molecular weight is 601 g/mol. The summed E-state index contributed by atoms with van der Waals surface area (Å²) in [6.45, 7) is 4.16. The maximum atomic E-state index is 15.6. The van der Waals surface area contributed by atoms with Gasteiger partial charge in [-0.05, 0) is 32.9 Å². The molecule has 0 unspecified atom stereocenters. The van der Waals surface area contributed by atoms with Gasteiger partial charge < -0.3 is 24.4 Å². The third kappa shape index (κ3) is 6.07. The van der Waals surface area contributed by atoms with Crippen LogP contribution < -0.4 is 14.9 Å². The molecule has 1 aliphatic rings. The Morgan fingerprint density at radius 3 is 2.73 bits per heavy atom. The number of esters is 1. The fourth-order valence-electron chi connectivity index (χ4n) is 4.15. The van der Waals surface area contributed by atoms with Crippen molar-refractivity contribution < 1.29 is 37.4 Å². The molecule has 16 heteroatoms. The molecule has 3 heterocycles. The van der Waals surface area contributed by atoms with Gasteiger partial charge in [0.15, 0.2) is 29.4 Å². The molecule has 1 aliphatic heterocycles. The lowest BCUT2D eigenvalue weighted by molar-refractivity contribution is -0.144. The number of halogens is 2. The second kappa shape index (κ2) is 12.3.